The highest BCUT2D eigenvalue weighted by atomic mass is 127. The first kappa shape index (κ1) is 16.3. The maximum absolute atomic E-state index is 11.7. The maximum atomic E-state index is 11.7. The number of sulfonamides is 1. The fraction of sp³-hybridized carbons (Fsp3) is 0.0769. The largest absolute Gasteiger partial charge is 0.397 e. The van der Waals surface area contributed by atoms with Gasteiger partial charge >= 0.3 is 0 Å². The molecule has 2 aromatic rings. The average Bonchev–Trinajstić information content (AvgIpc) is 2.43. The number of anilines is 3. The summed E-state index contributed by atoms with van der Waals surface area (Å²) in [6, 6.07) is 9.96. The van der Waals surface area contributed by atoms with Gasteiger partial charge in [0, 0.05) is 8.59 Å². The van der Waals surface area contributed by atoms with Crippen LogP contribution in [0, 0.1) is 3.57 Å². The topological polar surface area (TPSA) is 84.2 Å². The lowest BCUT2D eigenvalue weighted by Crippen LogP contribution is -2.18. The van der Waals surface area contributed by atoms with Crippen molar-refractivity contribution in [2.75, 3.05) is 18.1 Å². The van der Waals surface area contributed by atoms with Gasteiger partial charge < -0.3 is 11.1 Å². The lowest BCUT2D eigenvalue weighted by molar-refractivity contribution is 0.588. The van der Waals surface area contributed by atoms with Gasteiger partial charge in [0.25, 0.3) is 0 Å². The van der Waals surface area contributed by atoms with E-state index >= 15 is 0 Å². The molecule has 112 valence electrons. The van der Waals surface area contributed by atoms with E-state index < -0.39 is 10.0 Å². The summed E-state index contributed by atoms with van der Waals surface area (Å²) in [6.07, 6.45) is 0. The number of halogens is 2. The fourth-order valence-electron chi connectivity index (χ4n) is 1.68. The van der Waals surface area contributed by atoms with Crippen LogP contribution in [-0.2, 0) is 10.0 Å². The standard InChI is InChI=1S/C13H13ClIN3O2S/c1-17-21(19,20)9-3-5-13(11(16)7-9)18-12-4-2-8(14)6-10(12)15/h2-7,17-18H,16H2,1H3. The molecule has 0 spiro atoms. The summed E-state index contributed by atoms with van der Waals surface area (Å²) in [6.45, 7) is 0. The van der Waals surface area contributed by atoms with Crippen molar-refractivity contribution in [2.45, 2.75) is 4.90 Å². The van der Waals surface area contributed by atoms with Crippen molar-refractivity contribution < 1.29 is 8.42 Å². The molecular weight excluding hydrogens is 425 g/mol. The minimum Gasteiger partial charge on any atom is -0.397 e. The van der Waals surface area contributed by atoms with Crippen LogP contribution in [0.15, 0.2) is 41.3 Å². The van der Waals surface area contributed by atoms with E-state index in [0.29, 0.717) is 16.4 Å². The normalized spacial score (nSPS) is 11.4. The zero-order valence-electron chi connectivity index (χ0n) is 11.0. The molecule has 21 heavy (non-hydrogen) atoms. The molecule has 0 saturated heterocycles. The van der Waals surface area contributed by atoms with Gasteiger partial charge in [-0.15, -0.1) is 0 Å². The summed E-state index contributed by atoms with van der Waals surface area (Å²) in [5.41, 5.74) is 7.74. The molecule has 4 N–H and O–H groups in total. The SMILES string of the molecule is CNS(=O)(=O)c1ccc(Nc2ccc(Cl)cc2I)c(N)c1. The Kier molecular flexibility index (Phi) is 4.97. The molecule has 5 nitrogen and oxygen atoms in total. The van der Waals surface area contributed by atoms with Crippen LogP contribution in [0.1, 0.15) is 0 Å². The molecule has 0 aliphatic carbocycles. The molecule has 0 heterocycles. The first-order valence-corrected chi connectivity index (χ1v) is 8.82. The number of nitrogens with two attached hydrogens (primary N) is 1. The molecule has 0 amide bonds. The lowest BCUT2D eigenvalue weighted by atomic mass is 10.2. The molecule has 8 heteroatoms. The summed E-state index contributed by atoms with van der Waals surface area (Å²) < 4.78 is 26.6. The lowest BCUT2D eigenvalue weighted by Gasteiger charge is -2.12. The Hall–Kier alpha value is -1.03. The molecule has 0 aromatic heterocycles. The van der Waals surface area contributed by atoms with Crippen molar-refractivity contribution in [3.63, 3.8) is 0 Å². The van der Waals surface area contributed by atoms with Crippen LogP contribution in [-0.4, -0.2) is 15.5 Å². The van der Waals surface area contributed by atoms with Gasteiger partial charge in [0.2, 0.25) is 10.0 Å². The van der Waals surface area contributed by atoms with Crippen LogP contribution < -0.4 is 15.8 Å². The summed E-state index contributed by atoms with van der Waals surface area (Å²) in [4.78, 5) is 0.124. The molecule has 2 aromatic carbocycles. The highest BCUT2D eigenvalue weighted by Gasteiger charge is 2.13. The zero-order valence-corrected chi connectivity index (χ0v) is 14.8. The highest BCUT2D eigenvalue weighted by molar-refractivity contribution is 14.1. The van der Waals surface area contributed by atoms with E-state index in [1.807, 2.05) is 12.1 Å². The highest BCUT2D eigenvalue weighted by Crippen LogP contribution is 2.29. The van der Waals surface area contributed by atoms with Crippen molar-refractivity contribution >= 4 is 61.3 Å². The number of rotatable bonds is 4. The molecule has 0 unspecified atom stereocenters. The summed E-state index contributed by atoms with van der Waals surface area (Å²) >= 11 is 8.06. The number of hydrogen-bond donors (Lipinski definition) is 3. The van der Waals surface area contributed by atoms with Gasteiger partial charge in [0.05, 0.1) is 22.0 Å². The summed E-state index contributed by atoms with van der Waals surface area (Å²) in [5, 5.41) is 3.80. The van der Waals surface area contributed by atoms with Crippen molar-refractivity contribution in [3.8, 4) is 0 Å². The van der Waals surface area contributed by atoms with Gasteiger partial charge in [-0.3, -0.25) is 0 Å². The van der Waals surface area contributed by atoms with Gasteiger partial charge in [-0.2, -0.15) is 0 Å². The predicted molar refractivity (Wildman–Crippen MR) is 94.6 cm³/mol. The molecule has 0 aliphatic rings. The zero-order chi connectivity index (χ0) is 15.6. The molecule has 0 radical (unpaired) electrons. The summed E-state index contributed by atoms with van der Waals surface area (Å²) in [7, 11) is -2.15. The second-order valence-electron chi connectivity index (χ2n) is 4.21. The quantitative estimate of drug-likeness (QED) is 0.507. The van der Waals surface area contributed by atoms with E-state index in [-0.39, 0.29) is 4.90 Å². The van der Waals surface area contributed by atoms with E-state index in [9.17, 15) is 8.42 Å². The van der Waals surface area contributed by atoms with Crippen LogP contribution in [0.25, 0.3) is 0 Å². The van der Waals surface area contributed by atoms with Crippen molar-refractivity contribution in [2.24, 2.45) is 0 Å². The van der Waals surface area contributed by atoms with Gasteiger partial charge in [0.1, 0.15) is 0 Å². The minimum atomic E-state index is -3.50. The number of benzene rings is 2. The smallest absolute Gasteiger partial charge is 0.240 e. The Morgan fingerprint density at radius 3 is 2.38 bits per heavy atom. The van der Waals surface area contributed by atoms with Gasteiger partial charge in [-0.05, 0) is 66.0 Å². The van der Waals surface area contributed by atoms with Gasteiger partial charge in [0.15, 0.2) is 0 Å². The molecular formula is C13H13ClIN3O2S. The third-order valence-corrected chi connectivity index (χ3v) is 5.34. The molecule has 0 fully saturated rings. The third kappa shape index (κ3) is 3.79. The number of hydrogen-bond acceptors (Lipinski definition) is 4. The first-order valence-electron chi connectivity index (χ1n) is 5.88. The monoisotopic (exact) mass is 437 g/mol. The Balaban J connectivity index is 2.34. The predicted octanol–water partition coefficient (Wildman–Crippen LogP) is 3.18. The molecule has 0 saturated carbocycles. The van der Waals surface area contributed by atoms with E-state index in [1.54, 1.807) is 12.1 Å². The summed E-state index contributed by atoms with van der Waals surface area (Å²) in [5.74, 6) is 0. The fourth-order valence-corrected chi connectivity index (χ4v) is 3.45. The number of nitrogens with one attached hydrogen (secondary N) is 2. The van der Waals surface area contributed by atoms with Crippen molar-refractivity contribution in [3.05, 3.63) is 45.0 Å². The van der Waals surface area contributed by atoms with Crippen molar-refractivity contribution in [1.29, 1.82) is 0 Å². The van der Waals surface area contributed by atoms with E-state index in [0.717, 1.165) is 9.26 Å². The van der Waals surface area contributed by atoms with E-state index in [1.165, 1.54) is 19.2 Å². The van der Waals surface area contributed by atoms with Crippen LogP contribution >= 0.6 is 34.2 Å². The van der Waals surface area contributed by atoms with Crippen LogP contribution in [0.3, 0.4) is 0 Å². The maximum Gasteiger partial charge on any atom is 0.240 e. The minimum absolute atomic E-state index is 0.124. The van der Waals surface area contributed by atoms with Gasteiger partial charge in [-0.1, -0.05) is 11.6 Å². The van der Waals surface area contributed by atoms with Crippen LogP contribution in [0.5, 0.6) is 0 Å². The van der Waals surface area contributed by atoms with Crippen LogP contribution in [0.2, 0.25) is 5.02 Å². The van der Waals surface area contributed by atoms with E-state index in [2.05, 4.69) is 32.6 Å². The van der Waals surface area contributed by atoms with Gasteiger partial charge in [-0.25, -0.2) is 13.1 Å². The molecule has 0 aliphatic heterocycles. The Morgan fingerprint density at radius 2 is 1.81 bits per heavy atom. The third-order valence-electron chi connectivity index (χ3n) is 2.80. The Morgan fingerprint density at radius 1 is 1.14 bits per heavy atom. The molecule has 0 bridgehead atoms. The number of nitrogen functional groups attached to an aromatic ring is 1. The second-order valence-corrected chi connectivity index (χ2v) is 7.69. The second kappa shape index (κ2) is 6.39. The van der Waals surface area contributed by atoms with Crippen molar-refractivity contribution in [1.82, 2.24) is 4.72 Å². The Labute approximate surface area is 142 Å². The van der Waals surface area contributed by atoms with E-state index in [4.69, 9.17) is 17.3 Å². The first-order chi connectivity index (χ1) is 9.83. The van der Waals surface area contributed by atoms with Crippen LogP contribution in [0.4, 0.5) is 17.1 Å². The Bertz CT molecular complexity index is 781. The average molecular weight is 438 g/mol. The molecule has 0 atom stereocenters. The molecule has 2 rings (SSSR count).